The fourth-order valence-electron chi connectivity index (χ4n) is 5.38. The lowest BCUT2D eigenvalue weighted by molar-refractivity contribution is -0.151. The lowest BCUT2D eigenvalue weighted by Crippen LogP contribution is -2.39. The number of nitrogen functional groups attached to an aromatic ring is 1. The van der Waals surface area contributed by atoms with Crippen molar-refractivity contribution in [2.24, 2.45) is 17.6 Å². The monoisotopic (exact) mass is 632 g/mol. The molecule has 0 bridgehead atoms. The Balaban J connectivity index is 1.69. The van der Waals surface area contributed by atoms with Gasteiger partial charge in [-0.25, -0.2) is 4.98 Å². The van der Waals surface area contributed by atoms with E-state index in [1.165, 1.54) is 83.4 Å². The zero-order chi connectivity index (χ0) is 32.9. The predicted molar refractivity (Wildman–Crippen MR) is 180 cm³/mol. The Kier molecular flexibility index (Phi) is 19.1. The minimum absolute atomic E-state index is 0.00406. The smallest absolute Gasteiger partial charge is 0.323 e. The largest absolute Gasteiger partial charge is 0.465 e. The molecule has 0 saturated heterocycles. The minimum Gasteiger partial charge on any atom is -0.465 e. The number of aromatic amines is 1. The average molecular weight is 633 g/mol. The second kappa shape index (κ2) is 22.5. The van der Waals surface area contributed by atoms with Crippen LogP contribution >= 0.6 is 0 Å². The van der Waals surface area contributed by atoms with Gasteiger partial charge in [0.05, 0.1) is 19.5 Å². The van der Waals surface area contributed by atoms with Gasteiger partial charge in [-0.2, -0.15) is 4.98 Å². The summed E-state index contributed by atoms with van der Waals surface area (Å²) < 4.78 is 12.9. The number of carbonyl (C=O) groups excluding carboxylic acids is 2. The first-order valence-corrected chi connectivity index (χ1v) is 17.5. The number of H-pyrrole nitrogens is 1. The normalized spacial score (nSPS) is 13.5. The first-order valence-electron chi connectivity index (χ1n) is 17.5. The third-order valence-corrected chi connectivity index (χ3v) is 8.73. The Hall–Kier alpha value is -2.95. The zero-order valence-corrected chi connectivity index (χ0v) is 28.2. The van der Waals surface area contributed by atoms with E-state index in [1.807, 2.05) is 13.8 Å². The van der Waals surface area contributed by atoms with Gasteiger partial charge in [-0.05, 0) is 18.8 Å². The molecule has 11 nitrogen and oxygen atoms in total. The molecule has 2 aromatic rings. The van der Waals surface area contributed by atoms with Gasteiger partial charge in [0.1, 0.15) is 6.04 Å². The highest BCUT2D eigenvalue weighted by atomic mass is 16.5. The standard InChI is InChI=1S/C34H60N6O5/c1-4-6-7-8-9-10-11-12-13-14-15-16-17-18-19-20-28(41)44-23-27(24-45-33(43)29(35)26(3)5-2)21-22-40-25-37-30-31(40)38-34(36)39-32(30)42/h25-27,29H,4-24,35H2,1-3H3,(H3,36,38,39,42)/t26?,27?,29-/m0/s1. The highest BCUT2D eigenvalue weighted by Gasteiger charge is 2.23. The van der Waals surface area contributed by atoms with Gasteiger partial charge in [-0.15, -0.1) is 0 Å². The Morgan fingerprint density at radius 2 is 1.44 bits per heavy atom. The highest BCUT2D eigenvalue weighted by molar-refractivity contribution is 5.75. The van der Waals surface area contributed by atoms with Crippen molar-refractivity contribution >= 4 is 29.1 Å². The first-order chi connectivity index (χ1) is 21.8. The maximum atomic E-state index is 12.5. The van der Waals surface area contributed by atoms with E-state index in [4.69, 9.17) is 20.9 Å². The van der Waals surface area contributed by atoms with Crippen molar-refractivity contribution in [3.05, 3.63) is 16.7 Å². The summed E-state index contributed by atoms with van der Waals surface area (Å²) in [6.45, 7) is 6.75. The summed E-state index contributed by atoms with van der Waals surface area (Å²) in [7, 11) is 0. The minimum atomic E-state index is -0.709. The van der Waals surface area contributed by atoms with Crippen LogP contribution in [0.3, 0.4) is 0 Å². The van der Waals surface area contributed by atoms with Crippen LogP contribution in [0.4, 0.5) is 5.95 Å². The number of aromatic nitrogens is 4. The number of ether oxygens (including phenoxy) is 2. The fraction of sp³-hybridized carbons (Fsp3) is 0.794. The van der Waals surface area contributed by atoms with Crippen molar-refractivity contribution in [1.82, 2.24) is 19.5 Å². The molecule has 3 atom stereocenters. The number of fused-ring (bicyclic) bond motifs is 1. The summed E-state index contributed by atoms with van der Waals surface area (Å²) in [4.78, 5) is 47.9. The summed E-state index contributed by atoms with van der Waals surface area (Å²) in [5, 5.41) is 0. The molecule has 0 spiro atoms. The van der Waals surface area contributed by atoms with Crippen molar-refractivity contribution in [3.8, 4) is 0 Å². The van der Waals surface area contributed by atoms with Crippen LogP contribution in [-0.2, 0) is 25.6 Å². The number of nitrogens with one attached hydrogen (secondary N) is 1. The van der Waals surface area contributed by atoms with E-state index in [-0.39, 0.29) is 42.5 Å². The third-order valence-electron chi connectivity index (χ3n) is 8.73. The molecule has 11 heteroatoms. The van der Waals surface area contributed by atoms with E-state index in [9.17, 15) is 14.4 Å². The molecule has 45 heavy (non-hydrogen) atoms. The molecule has 5 N–H and O–H groups in total. The van der Waals surface area contributed by atoms with E-state index < -0.39 is 17.6 Å². The number of hydrogen-bond acceptors (Lipinski definition) is 9. The van der Waals surface area contributed by atoms with Crippen LogP contribution in [0.15, 0.2) is 11.1 Å². The second-order valence-corrected chi connectivity index (χ2v) is 12.6. The highest BCUT2D eigenvalue weighted by Crippen LogP contribution is 2.16. The van der Waals surface area contributed by atoms with Crippen LogP contribution in [0, 0.1) is 11.8 Å². The molecule has 2 heterocycles. The molecular weight excluding hydrogens is 572 g/mol. The van der Waals surface area contributed by atoms with Gasteiger partial charge in [0.15, 0.2) is 11.2 Å². The van der Waals surface area contributed by atoms with E-state index in [1.54, 1.807) is 4.57 Å². The summed E-state index contributed by atoms with van der Waals surface area (Å²) >= 11 is 0. The number of aryl methyl sites for hydroxylation is 1. The lowest BCUT2D eigenvalue weighted by atomic mass is 10.0. The van der Waals surface area contributed by atoms with Crippen molar-refractivity contribution in [2.75, 3.05) is 18.9 Å². The zero-order valence-electron chi connectivity index (χ0n) is 28.2. The van der Waals surface area contributed by atoms with Gasteiger partial charge in [0.2, 0.25) is 5.95 Å². The van der Waals surface area contributed by atoms with Crippen LogP contribution in [0.25, 0.3) is 11.2 Å². The van der Waals surface area contributed by atoms with E-state index in [2.05, 4.69) is 21.9 Å². The fourth-order valence-corrected chi connectivity index (χ4v) is 5.38. The van der Waals surface area contributed by atoms with Gasteiger partial charge < -0.3 is 25.5 Å². The van der Waals surface area contributed by atoms with Crippen molar-refractivity contribution < 1.29 is 19.1 Å². The van der Waals surface area contributed by atoms with E-state index in [0.717, 1.165) is 25.7 Å². The van der Waals surface area contributed by atoms with Crippen LogP contribution in [0.5, 0.6) is 0 Å². The van der Waals surface area contributed by atoms with Gasteiger partial charge in [0.25, 0.3) is 5.56 Å². The molecule has 0 radical (unpaired) electrons. The van der Waals surface area contributed by atoms with Crippen molar-refractivity contribution in [3.63, 3.8) is 0 Å². The van der Waals surface area contributed by atoms with Gasteiger partial charge >= 0.3 is 11.9 Å². The average Bonchev–Trinajstić information content (AvgIpc) is 3.44. The maximum Gasteiger partial charge on any atom is 0.323 e. The molecule has 0 aliphatic heterocycles. The summed E-state index contributed by atoms with van der Waals surface area (Å²) in [5.74, 6) is -0.971. The summed E-state index contributed by atoms with van der Waals surface area (Å²) in [6.07, 6.45) is 22.2. The number of nitrogens with two attached hydrogens (primary N) is 2. The Labute approximate surface area is 269 Å². The molecular formula is C34H60N6O5. The van der Waals surface area contributed by atoms with Gasteiger partial charge in [0, 0.05) is 18.9 Å². The number of carbonyl (C=O) groups is 2. The molecule has 2 rings (SSSR count). The number of esters is 2. The molecule has 2 unspecified atom stereocenters. The van der Waals surface area contributed by atoms with E-state index in [0.29, 0.717) is 25.0 Å². The molecule has 0 fully saturated rings. The van der Waals surface area contributed by atoms with Crippen molar-refractivity contribution in [1.29, 1.82) is 0 Å². The van der Waals surface area contributed by atoms with Crippen LogP contribution in [0.1, 0.15) is 136 Å². The number of rotatable bonds is 26. The molecule has 0 aromatic carbocycles. The first kappa shape index (κ1) is 38.2. The summed E-state index contributed by atoms with van der Waals surface area (Å²) in [5.41, 5.74) is 11.9. The molecule has 0 aliphatic rings. The van der Waals surface area contributed by atoms with E-state index >= 15 is 0 Å². The lowest BCUT2D eigenvalue weighted by Gasteiger charge is -2.21. The molecule has 0 amide bonds. The molecule has 0 aliphatic carbocycles. The van der Waals surface area contributed by atoms with Crippen LogP contribution < -0.4 is 17.0 Å². The molecule has 256 valence electrons. The number of hydrogen-bond donors (Lipinski definition) is 3. The van der Waals surface area contributed by atoms with Gasteiger partial charge in [-0.1, -0.05) is 117 Å². The maximum absolute atomic E-state index is 12.5. The predicted octanol–water partition coefficient (Wildman–Crippen LogP) is 6.43. The number of unbranched alkanes of at least 4 members (excludes halogenated alkanes) is 14. The second-order valence-electron chi connectivity index (χ2n) is 12.6. The summed E-state index contributed by atoms with van der Waals surface area (Å²) in [6, 6.07) is -0.709. The number of anilines is 1. The molecule has 2 aromatic heterocycles. The Bertz CT molecular complexity index is 1170. The molecule has 0 saturated carbocycles. The Morgan fingerprint density at radius 1 is 0.889 bits per heavy atom. The topological polar surface area (TPSA) is 168 Å². The van der Waals surface area contributed by atoms with Crippen LogP contribution in [0.2, 0.25) is 0 Å². The Morgan fingerprint density at radius 3 is 2.02 bits per heavy atom. The SMILES string of the molecule is CCCCCCCCCCCCCCCCCC(=O)OCC(CCn1cnc2c(=O)[nH]c(N)nc21)COC(=O)[C@@H](N)C(C)CC. The number of imidazole rings is 1. The third kappa shape index (κ3) is 15.3. The van der Waals surface area contributed by atoms with Crippen molar-refractivity contribution in [2.45, 2.75) is 149 Å². The number of nitrogens with zero attached hydrogens (tertiary/aromatic N) is 3. The quantitative estimate of drug-likeness (QED) is 0.0781. The van der Waals surface area contributed by atoms with Gasteiger partial charge in [-0.3, -0.25) is 19.4 Å². The van der Waals surface area contributed by atoms with Crippen LogP contribution in [-0.4, -0.2) is 50.7 Å².